The lowest BCUT2D eigenvalue weighted by molar-refractivity contribution is 0.180. The summed E-state index contributed by atoms with van der Waals surface area (Å²) in [4.78, 5) is 18.0. The lowest BCUT2D eigenvalue weighted by Crippen LogP contribution is -2.37. The van der Waals surface area contributed by atoms with Crippen LogP contribution in [0.15, 0.2) is 0 Å². The third-order valence-electron chi connectivity index (χ3n) is 2.21. The first-order chi connectivity index (χ1) is 5.68. The Kier molecular flexibility index (Phi) is 4.60. The molecule has 2 N–H and O–H groups in total. The van der Waals surface area contributed by atoms with Gasteiger partial charge >= 0.3 is 7.75 Å². The van der Waals surface area contributed by atoms with Gasteiger partial charge in [-0.1, -0.05) is 27.7 Å². The fraction of sp³-hybridized carbons (Fsp3) is 1.00. The normalized spacial score (nSPS) is 13.8. The summed E-state index contributed by atoms with van der Waals surface area (Å²) in [6.45, 7) is 7.88. The molecule has 0 aliphatic heterocycles. The lowest BCUT2D eigenvalue weighted by atomic mass is 9.94. The summed E-state index contributed by atoms with van der Waals surface area (Å²) in [5, 5.41) is 0. The molecule has 0 unspecified atom stereocenters. The van der Waals surface area contributed by atoms with Crippen molar-refractivity contribution < 1.29 is 14.4 Å². The fourth-order valence-electron chi connectivity index (χ4n) is 1.81. The average molecular weight is 209 g/mol. The van der Waals surface area contributed by atoms with Crippen LogP contribution < -0.4 is 0 Å². The number of hydrogen-bond acceptors (Lipinski definition) is 1. The second kappa shape index (κ2) is 4.56. The van der Waals surface area contributed by atoms with E-state index in [4.69, 9.17) is 9.79 Å². The van der Waals surface area contributed by atoms with Gasteiger partial charge in [0.25, 0.3) is 0 Å². The molecule has 0 spiro atoms. The minimum atomic E-state index is -4.09. The Hall–Kier alpha value is 0.110. The van der Waals surface area contributed by atoms with E-state index in [1.54, 1.807) is 0 Å². The Morgan fingerprint density at radius 3 is 1.46 bits per heavy atom. The van der Waals surface area contributed by atoms with E-state index in [0.29, 0.717) is 0 Å². The summed E-state index contributed by atoms with van der Waals surface area (Å²) in [6, 6.07) is -0.0826. The van der Waals surface area contributed by atoms with E-state index in [2.05, 4.69) is 0 Å². The number of nitrogens with zero attached hydrogens (tertiary/aromatic N) is 1. The zero-order valence-corrected chi connectivity index (χ0v) is 9.82. The molecule has 0 heterocycles. The van der Waals surface area contributed by atoms with E-state index >= 15 is 0 Å². The fourth-order valence-corrected chi connectivity index (χ4v) is 2.69. The SMILES string of the molecule is CC(C)C(C(C)C)N(C)P(=O)(O)O. The van der Waals surface area contributed by atoms with Gasteiger partial charge in [-0.25, -0.2) is 9.24 Å². The van der Waals surface area contributed by atoms with Gasteiger partial charge in [-0.15, -0.1) is 0 Å². The third kappa shape index (κ3) is 3.77. The topological polar surface area (TPSA) is 60.8 Å². The predicted molar refractivity (Wildman–Crippen MR) is 53.3 cm³/mol. The summed E-state index contributed by atoms with van der Waals surface area (Å²) < 4.78 is 12.2. The van der Waals surface area contributed by atoms with Gasteiger partial charge in [0.05, 0.1) is 0 Å². The van der Waals surface area contributed by atoms with Crippen LogP contribution in [-0.2, 0) is 4.57 Å². The lowest BCUT2D eigenvalue weighted by Gasteiger charge is -2.34. The van der Waals surface area contributed by atoms with Crippen molar-refractivity contribution in [2.24, 2.45) is 11.8 Å². The zero-order chi connectivity index (χ0) is 10.8. The molecule has 0 amide bonds. The van der Waals surface area contributed by atoms with Crippen molar-refractivity contribution in [1.82, 2.24) is 4.67 Å². The van der Waals surface area contributed by atoms with E-state index in [0.717, 1.165) is 0 Å². The first-order valence-corrected chi connectivity index (χ1v) is 6.03. The molecule has 0 bridgehead atoms. The molecule has 0 aromatic rings. The molecule has 0 saturated heterocycles. The summed E-state index contributed by atoms with van der Waals surface area (Å²) in [5.74, 6) is 0.468. The zero-order valence-electron chi connectivity index (χ0n) is 8.93. The highest BCUT2D eigenvalue weighted by Crippen LogP contribution is 2.43. The molecule has 4 nitrogen and oxygen atoms in total. The quantitative estimate of drug-likeness (QED) is 0.692. The molecule has 0 radical (unpaired) electrons. The van der Waals surface area contributed by atoms with Gasteiger partial charge in [-0.3, -0.25) is 0 Å². The minimum Gasteiger partial charge on any atom is -0.312 e. The van der Waals surface area contributed by atoms with Crippen LogP contribution in [0.5, 0.6) is 0 Å². The largest absolute Gasteiger partial charge is 0.403 e. The van der Waals surface area contributed by atoms with Crippen LogP contribution in [0.25, 0.3) is 0 Å². The van der Waals surface area contributed by atoms with E-state index < -0.39 is 7.75 Å². The molecule has 80 valence electrons. The van der Waals surface area contributed by atoms with Crippen molar-refractivity contribution in [3.8, 4) is 0 Å². The Morgan fingerprint density at radius 2 is 1.38 bits per heavy atom. The van der Waals surface area contributed by atoms with Crippen LogP contribution in [0.3, 0.4) is 0 Å². The van der Waals surface area contributed by atoms with Gasteiger partial charge in [0, 0.05) is 6.04 Å². The van der Waals surface area contributed by atoms with Crippen LogP contribution in [0.2, 0.25) is 0 Å². The summed E-state index contributed by atoms with van der Waals surface area (Å²) in [5.41, 5.74) is 0. The summed E-state index contributed by atoms with van der Waals surface area (Å²) >= 11 is 0. The average Bonchev–Trinajstić information content (AvgIpc) is 1.82. The highest BCUT2D eigenvalue weighted by atomic mass is 31.2. The van der Waals surface area contributed by atoms with E-state index in [1.165, 1.54) is 11.7 Å². The predicted octanol–water partition coefficient (Wildman–Crippen LogP) is 1.69. The van der Waals surface area contributed by atoms with Crippen LogP contribution in [-0.4, -0.2) is 27.5 Å². The standard InChI is InChI=1S/C8H20NO3P/c1-6(2)8(7(3)4)9(5)13(10,11)12/h6-8H,1-5H3,(H2,10,11,12). The summed E-state index contributed by atoms with van der Waals surface area (Å²) in [7, 11) is -2.61. The molecule has 5 heteroatoms. The molecular weight excluding hydrogens is 189 g/mol. The van der Waals surface area contributed by atoms with E-state index in [-0.39, 0.29) is 17.9 Å². The monoisotopic (exact) mass is 209 g/mol. The maximum Gasteiger partial charge on any atom is 0.403 e. The molecule has 0 aliphatic carbocycles. The Labute approximate surface area is 80.2 Å². The molecule has 0 aromatic carbocycles. The van der Waals surface area contributed by atoms with Crippen molar-refractivity contribution in [3.05, 3.63) is 0 Å². The van der Waals surface area contributed by atoms with Crippen molar-refractivity contribution in [1.29, 1.82) is 0 Å². The molecule has 0 rings (SSSR count). The van der Waals surface area contributed by atoms with Crippen LogP contribution in [0.4, 0.5) is 0 Å². The van der Waals surface area contributed by atoms with Gasteiger partial charge in [0.2, 0.25) is 0 Å². The molecule has 0 fully saturated rings. The van der Waals surface area contributed by atoms with Crippen LogP contribution >= 0.6 is 7.75 Å². The molecule has 0 aromatic heterocycles. The number of hydrogen-bond donors (Lipinski definition) is 2. The Bertz CT molecular complexity index is 192. The third-order valence-corrected chi connectivity index (χ3v) is 3.30. The highest BCUT2D eigenvalue weighted by Gasteiger charge is 2.32. The maximum absolute atomic E-state index is 11.0. The van der Waals surface area contributed by atoms with Crippen molar-refractivity contribution in [2.45, 2.75) is 33.7 Å². The maximum atomic E-state index is 11.0. The highest BCUT2D eigenvalue weighted by molar-refractivity contribution is 7.49. The smallest absolute Gasteiger partial charge is 0.312 e. The van der Waals surface area contributed by atoms with Gasteiger partial charge in [-0.05, 0) is 18.9 Å². The Balaban J connectivity index is 4.67. The van der Waals surface area contributed by atoms with Gasteiger partial charge in [0.15, 0.2) is 0 Å². The van der Waals surface area contributed by atoms with Crippen LogP contribution in [0.1, 0.15) is 27.7 Å². The van der Waals surface area contributed by atoms with Gasteiger partial charge in [-0.2, -0.15) is 0 Å². The minimum absolute atomic E-state index is 0.0826. The van der Waals surface area contributed by atoms with E-state index in [9.17, 15) is 4.57 Å². The molecule has 0 saturated carbocycles. The first-order valence-electron chi connectivity index (χ1n) is 4.46. The molecule has 0 aliphatic rings. The van der Waals surface area contributed by atoms with Crippen LogP contribution in [0, 0.1) is 11.8 Å². The van der Waals surface area contributed by atoms with E-state index in [1.807, 2.05) is 27.7 Å². The van der Waals surface area contributed by atoms with Crippen molar-refractivity contribution >= 4 is 7.75 Å². The number of rotatable bonds is 4. The summed E-state index contributed by atoms with van der Waals surface area (Å²) in [6.07, 6.45) is 0. The van der Waals surface area contributed by atoms with Crippen molar-refractivity contribution in [2.75, 3.05) is 7.05 Å². The van der Waals surface area contributed by atoms with Gasteiger partial charge < -0.3 is 9.79 Å². The van der Waals surface area contributed by atoms with Gasteiger partial charge in [0.1, 0.15) is 0 Å². The van der Waals surface area contributed by atoms with Crippen molar-refractivity contribution in [3.63, 3.8) is 0 Å². The Morgan fingerprint density at radius 1 is 1.08 bits per heavy atom. The molecular formula is C8H20NO3P. The molecule has 13 heavy (non-hydrogen) atoms. The second-order valence-electron chi connectivity index (χ2n) is 4.07. The molecule has 0 atom stereocenters. The second-order valence-corrected chi connectivity index (χ2v) is 5.72. The first kappa shape index (κ1) is 13.1.